The van der Waals surface area contributed by atoms with E-state index in [0.717, 1.165) is 11.1 Å². The van der Waals surface area contributed by atoms with Gasteiger partial charge in [-0.25, -0.2) is 0 Å². The van der Waals surface area contributed by atoms with Crippen LogP contribution in [0, 0.1) is 0 Å². The fourth-order valence-electron chi connectivity index (χ4n) is 3.43. The first-order valence-electron chi connectivity index (χ1n) is 10.1. The zero-order chi connectivity index (χ0) is 23.1. The van der Waals surface area contributed by atoms with Gasteiger partial charge in [-0.05, 0) is 41.0 Å². The van der Waals surface area contributed by atoms with Crippen molar-refractivity contribution in [3.63, 3.8) is 0 Å². The molecule has 0 saturated carbocycles. The molecule has 0 spiro atoms. The largest absolute Gasteiger partial charge is 0.357 e. The predicted octanol–water partition coefficient (Wildman–Crippen LogP) is 5.58. The molecule has 0 fully saturated rings. The first-order valence-corrected chi connectivity index (χ1v) is 11.2. The van der Waals surface area contributed by atoms with Gasteiger partial charge in [0.1, 0.15) is 6.04 Å². The van der Waals surface area contributed by atoms with E-state index in [-0.39, 0.29) is 24.8 Å². The fourth-order valence-corrected chi connectivity index (χ4v) is 4.03. The fraction of sp³-hybridized carbons (Fsp3) is 0.200. The molecule has 7 heteroatoms. The van der Waals surface area contributed by atoms with E-state index in [1.54, 1.807) is 54.4 Å². The number of hydrogen-bond acceptors (Lipinski definition) is 2. The third-order valence-corrected chi connectivity index (χ3v) is 5.98. The summed E-state index contributed by atoms with van der Waals surface area (Å²) in [6, 6.07) is 21.1. The number of nitrogens with zero attached hydrogens (tertiary/aromatic N) is 1. The van der Waals surface area contributed by atoms with E-state index in [1.165, 1.54) is 0 Å². The van der Waals surface area contributed by atoms with Crippen molar-refractivity contribution >= 4 is 46.6 Å². The Labute approximate surface area is 203 Å². The van der Waals surface area contributed by atoms with Crippen LogP contribution >= 0.6 is 34.8 Å². The molecule has 3 rings (SSSR count). The normalized spacial score (nSPS) is 11.6. The Hall–Kier alpha value is -2.53. The second-order valence-corrected chi connectivity index (χ2v) is 8.66. The number of likely N-dealkylation sites (N-methyl/N-ethyl adjacent to an activating group) is 1. The maximum absolute atomic E-state index is 13.5. The van der Waals surface area contributed by atoms with Crippen LogP contribution in [0.1, 0.15) is 16.7 Å². The van der Waals surface area contributed by atoms with Crippen LogP contribution in [0.4, 0.5) is 0 Å². The highest BCUT2D eigenvalue weighted by Gasteiger charge is 2.30. The molecule has 166 valence electrons. The number of nitrogens with one attached hydrogen (secondary N) is 1. The Morgan fingerprint density at radius 2 is 1.53 bits per heavy atom. The molecule has 0 heterocycles. The van der Waals surface area contributed by atoms with Crippen molar-refractivity contribution in [3.05, 3.63) is 105 Å². The van der Waals surface area contributed by atoms with Gasteiger partial charge in [0.2, 0.25) is 11.8 Å². The maximum atomic E-state index is 13.5. The molecule has 32 heavy (non-hydrogen) atoms. The first kappa shape index (κ1) is 24.1. The lowest BCUT2D eigenvalue weighted by atomic mass is 10.0. The van der Waals surface area contributed by atoms with Gasteiger partial charge in [-0.1, -0.05) is 83.3 Å². The van der Waals surface area contributed by atoms with Crippen molar-refractivity contribution < 1.29 is 9.59 Å². The smallest absolute Gasteiger partial charge is 0.242 e. The van der Waals surface area contributed by atoms with Crippen molar-refractivity contribution in [2.45, 2.75) is 25.4 Å². The monoisotopic (exact) mass is 488 g/mol. The van der Waals surface area contributed by atoms with Crippen molar-refractivity contribution in [2.75, 3.05) is 7.05 Å². The highest BCUT2D eigenvalue weighted by Crippen LogP contribution is 2.24. The quantitative estimate of drug-likeness (QED) is 0.449. The summed E-state index contributed by atoms with van der Waals surface area (Å²) in [5.41, 5.74) is 2.47. The first-order chi connectivity index (χ1) is 15.4. The van der Waals surface area contributed by atoms with Crippen LogP contribution in [-0.2, 0) is 29.0 Å². The Bertz CT molecular complexity index is 1070. The number of rotatable bonds is 8. The molecule has 0 radical (unpaired) electrons. The number of halogens is 3. The summed E-state index contributed by atoms with van der Waals surface area (Å²) in [6.07, 6.45) is 0.503. The molecule has 0 aliphatic carbocycles. The van der Waals surface area contributed by atoms with Gasteiger partial charge in [-0.2, -0.15) is 0 Å². The Morgan fingerprint density at radius 3 is 2.16 bits per heavy atom. The molecule has 0 aliphatic heterocycles. The van der Waals surface area contributed by atoms with E-state index < -0.39 is 6.04 Å². The van der Waals surface area contributed by atoms with Crippen molar-refractivity contribution in [2.24, 2.45) is 0 Å². The van der Waals surface area contributed by atoms with Gasteiger partial charge in [-0.3, -0.25) is 9.59 Å². The minimum absolute atomic E-state index is 0.130. The van der Waals surface area contributed by atoms with Gasteiger partial charge >= 0.3 is 0 Å². The van der Waals surface area contributed by atoms with E-state index in [2.05, 4.69) is 5.32 Å². The van der Waals surface area contributed by atoms with E-state index in [9.17, 15) is 9.59 Å². The third kappa shape index (κ3) is 6.49. The molecule has 3 aromatic rings. The summed E-state index contributed by atoms with van der Waals surface area (Å²) in [5, 5.41) is 4.24. The van der Waals surface area contributed by atoms with E-state index in [4.69, 9.17) is 34.8 Å². The Balaban J connectivity index is 1.96. The lowest BCUT2D eigenvalue weighted by Gasteiger charge is -2.31. The van der Waals surface area contributed by atoms with E-state index in [0.29, 0.717) is 27.1 Å². The molecule has 2 amide bonds. The highest BCUT2D eigenvalue weighted by molar-refractivity contribution is 6.35. The topological polar surface area (TPSA) is 49.4 Å². The highest BCUT2D eigenvalue weighted by atomic mass is 35.5. The Morgan fingerprint density at radius 1 is 0.875 bits per heavy atom. The zero-order valence-corrected chi connectivity index (χ0v) is 19.8. The van der Waals surface area contributed by atoms with Gasteiger partial charge in [0.25, 0.3) is 0 Å². The average molecular weight is 490 g/mol. The van der Waals surface area contributed by atoms with Crippen LogP contribution in [0.5, 0.6) is 0 Å². The van der Waals surface area contributed by atoms with Crippen molar-refractivity contribution in [1.82, 2.24) is 10.2 Å². The van der Waals surface area contributed by atoms with Crippen molar-refractivity contribution in [1.29, 1.82) is 0 Å². The number of benzene rings is 3. The standard InChI is InChI=1S/C25H23Cl3N2O2/c1-29-25(32)23(13-17-5-3-2-4-6-17)30(16-19-9-12-21(27)15-22(19)28)24(31)14-18-7-10-20(26)11-8-18/h2-12,15,23H,13-14,16H2,1H3,(H,29,32)/t23-/m1/s1. The molecule has 1 N–H and O–H groups in total. The molecular weight excluding hydrogens is 467 g/mol. The van der Waals surface area contributed by atoms with Crippen LogP contribution in [0.25, 0.3) is 0 Å². The minimum atomic E-state index is -0.714. The molecule has 1 atom stereocenters. The van der Waals surface area contributed by atoms with Gasteiger partial charge in [0.05, 0.1) is 6.42 Å². The average Bonchev–Trinajstić information content (AvgIpc) is 2.79. The van der Waals surface area contributed by atoms with Gasteiger partial charge < -0.3 is 10.2 Å². The molecule has 0 bridgehead atoms. The van der Waals surface area contributed by atoms with Crippen LogP contribution in [0.15, 0.2) is 72.8 Å². The summed E-state index contributed by atoms with van der Waals surface area (Å²) < 4.78 is 0. The van der Waals surface area contributed by atoms with Gasteiger partial charge in [0.15, 0.2) is 0 Å². The lowest BCUT2D eigenvalue weighted by molar-refractivity contribution is -0.140. The van der Waals surface area contributed by atoms with Gasteiger partial charge in [0, 0.05) is 35.1 Å². The molecule has 0 saturated heterocycles. The lowest BCUT2D eigenvalue weighted by Crippen LogP contribution is -2.50. The molecule has 4 nitrogen and oxygen atoms in total. The minimum Gasteiger partial charge on any atom is -0.357 e. The van der Waals surface area contributed by atoms with Gasteiger partial charge in [-0.15, -0.1) is 0 Å². The number of hydrogen-bond donors (Lipinski definition) is 1. The Kier molecular flexibility index (Phi) is 8.57. The van der Waals surface area contributed by atoms with Crippen LogP contribution in [0.3, 0.4) is 0 Å². The second kappa shape index (κ2) is 11.4. The summed E-state index contributed by atoms with van der Waals surface area (Å²) in [7, 11) is 1.57. The third-order valence-electron chi connectivity index (χ3n) is 5.14. The summed E-state index contributed by atoms with van der Waals surface area (Å²) in [4.78, 5) is 28.0. The van der Waals surface area contributed by atoms with E-state index >= 15 is 0 Å². The number of carbonyl (C=O) groups is 2. The van der Waals surface area contributed by atoms with Crippen LogP contribution in [0.2, 0.25) is 15.1 Å². The molecule has 0 aromatic heterocycles. The second-order valence-electron chi connectivity index (χ2n) is 7.38. The predicted molar refractivity (Wildman–Crippen MR) is 130 cm³/mol. The SMILES string of the molecule is CNC(=O)[C@@H](Cc1ccccc1)N(Cc1ccc(Cl)cc1Cl)C(=O)Cc1ccc(Cl)cc1. The maximum Gasteiger partial charge on any atom is 0.242 e. The zero-order valence-electron chi connectivity index (χ0n) is 17.5. The molecule has 0 unspecified atom stereocenters. The summed E-state index contributed by atoms with van der Waals surface area (Å²) in [5.74, 6) is -0.439. The summed E-state index contributed by atoms with van der Waals surface area (Å²) in [6.45, 7) is 0.174. The molecular formula is C25H23Cl3N2O2. The van der Waals surface area contributed by atoms with Crippen LogP contribution < -0.4 is 5.32 Å². The molecule has 3 aromatic carbocycles. The van der Waals surface area contributed by atoms with Crippen molar-refractivity contribution in [3.8, 4) is 0 Å². The van der Waals surface area contributed by atoms with E-state index in [1.807, 2.05) is 30.3 Å². The number of carbonyl (C=O) groups excluding carboxylic acids is 2. The van der Waals surface area contributed by atoms with Crippen LogP contribution in [-0.4, -0.2) is 29.8 Å². The number of amides is 2. The summed E-state index contributed by atoms with van der Waals surface area (Å²) >= 11 is 18.4. The molecule has 0 aliphatic rings.